The highest BCUT2D eigenvalue weighted by molar-refractivity contribution is 5.42. The zero-order valence-corrected chi connectivity index (χ0v) is 11.4. The highest BCUT2D eigenvalue weighted by Crippen LogP contribution is 2.33. The summed E-state index contributed by atoms with van der Waals surface area (Å²) in [5.41, 5.74) is 8.39. The van der Waals surface area contributed by atoms with E-state index in [0.29, 0.717) is 6.61 Å². The Balaban J connectivity index is 1.75. The van der Waals surface area contributed by atoms with Gasteiger partial charge in [0.15, 0.2) is 0 Å². The van der Waals surface area contributed by atoms with Crippen molar-refractivity contribution in [2.75, 3.05) is 6.61 Å². The molecular weight excluding hydrogens is 250 g/mol. The summed E-state index contributed by atoms with van der Waals surface area (Å²) in [5, 5.41) is 0. The molecule has 0 amide bonds. The molecule has 0 fully saturated rings. The minimum Gasteiger partial charge on any atom is -0.493 e. The van der Waals surface area contributed by atoms with E-state index >= 15 is 0 Å². The fraction of sp³-hybridized carbons (Fsp3) is 0.294. The number of hydrogen-bond acceptors (Lipinski definition) is 3. The van der Waals surface area contributed by atoms with Gasteiger partial charge in [-0.05, 0) is 36.6 Å². The number of nitrogens with two attached hydrogens (primary N) is 1. The summed E-state index contributed by atoms with van der Waals surface area (Å²) in [5.74, 6) is 1.73. The normalized spacial score (nSPS) is 17.8. The molecule has 0 spiro atoms. The highest BCUT2D eigenvalue weighted by Gasteiger charge is 2.17. The summed E-state index contributed by atoms with van der Waals surface area (Å²) in [6, 6.07) is 16.1. The first kappa shape index (κ1) is 13.0. The second kappa shape index (κ2) is 5.97. The van der Waals surface area contributed by atoms with Crippen LogP contribution in [-0.4, -0.2) is 6.61 Å². The molecule has 1 aliphatic heterocycles. The van der Waals surface area contributed by atoms with Crippen LogP contribution in [-0.2, 0) is 6.61 Å². The second-order valence-electron chi connectivity index (χ2n) is 5.07. The molecule has 0 bridgehead atoms. The van der Waals surface area contributed by atoms with Gasteiger partial charge in [-0.1, -0.05) is 30.3 Å². The Morgan fingerprint density at radius 2 is 2.00 bits per heavy atom. The van der Waals surface area contributed by atoms with E-state index in [1.54, 1.807) is 0 Å². The molecule has 104 valence electrons. The Labute approximate surface area is 119 Å². The van der Waals surface area contributed by atoms with Crippen LogP contribution in [0.2, 0.25) is 0 Å². The molecule has 0 aromatic heterocycles. The van der Waals surface area contributed by atoms with Gasteiger partial charge in [0.1, 0.15) is 18.1 Å². The number of rotatable bonds is 3. The first-order valence-corrected chi connectivity index (χ1v) is 7.02. The number of fused-ring (bicyclic) bond motifs is 1. The van der Waals surface area contributed by atoms with E-state index in [2.05, 4.69) is 12.1 Å². The lowest BCUT2D eigenvalue weighted by atomic mass is 10.0. The topological polar surface area (TPSA) is 44.5 Å². The van der Waals surface area contributed by atoms with Crippen molar-refractivity contribution in [1.82, 2.24) is 0 Å². The number of hydrogen-bond donors (Lipinski definition) is 1. The molecule has 2 N–H and O–H groups in total. The standard InChI is InChI=1S/C17H19NO2/c18-16-7-4-10-19-17-9-8-14(11-15(16)17)20-12-13-5-2-1-3-6-13/h1-3,5-6,8-9,11,16H,4,7,10,12,18H2. The van der Waals surface area contributed by atoms with E-state index < -0.39 is 0 Å². The van der Waals surface area contributed by atoms with Gasteiger partial charge in [0.25, 0.3) is 0 Å². The van der Waals surface area contributed by atoms with Gasteiger partial charge < -0.3 is 15.2 Å². The molecule has 0 saturated heterocycles. The summed E-state index contributed by atoms with van der Waals surface area (Å²) < 4.78 is 11.5. The average molecular weight is 269 g/mol. The Morgan fingerprint density at radius 1 is 1.15 bits per heavy atom. The van der Waals surface area contributed by atoms with E-state index in [4.69, 9.17) is 15.2 Å². The lowest BCUT2D eigenvalue weighted by molar-refractivity contribution is 0.302. The Bertz CT molecular complexity index is 568. The van der Waals surface area contributed by atoms with Gasteiger partial charge in [-0.25, -0.2) is 0 Å². The van der Waals surface area contributed by atoms with Crippen LogP contribution in [0.3, 0.4) is 0 Å². The minimum atomic E-state index is 0.0350. The van der Waals surface area contributed by atoms with Gasteiger partial charge in [0.05, 0.1) is 6.61 Å². The molecule has 3 nitrogen and oxygen atoms in total. The van der Waals surface area contributed by atoms with Gasteiger partial charge in [-0.2, -0.15) is 0 Å². The van der Waals surface area contributed by atoms with E-state index in [0.717, 1.165) is 42.1 Å². The molecule has 3 heteroatoms. The predicted octanol–water partition coefficient (Wildman–Crippen LogP) is 3.44. The monoisotopic (exact) mass is 269 g/mol. The molecule has 3 rings (SSSR count). The van der Waals surface area contributed by atoms with Crippen molar-refractivity contribution in [3.63, 3.8) is 0 Å². The molecule has 20 heavy (non-hydrogen) atoms. The smallest absolute Gasteiger partial charge is 0.124 e. The highest BCUT2D eigenvalue weighted by atomic mass is 16.5. The number of benzene rings is 2. The molecule has 2 aromatic carbocycles. The maximum absolute atomic E-state index is 6.19. The van der Waals surface area contributed by atoms with Crippen LogP contribution in [0.4, 0.5) is 0 Å². The van der Waals surface area contributed by atoms with Gasteiger partial charge in [0.2, 0.25) is 0 Å². The second-order valence-corrected chi connectivity index (χ2v) is 5.07. The third-order valence-electron chi connectivity index (χ3n) is 3.55. The fourth-order valence-corrected chi connectivity index (χ4v) is 2.42. The molecule has 2 aromatic rings. The van der Waals surface area contributed by atoms with Gasteiger partial charge in [-0.15, -0.1) is 0 Å². The largest absolute Gasteiger partial charge is 0.493 e. The Kier molecular flexibility index (Phi) is 3.88. The zero-order valence-electron chi connectivity index (χ0n) is 11.4. The minimum absolute atomic E-state index is 0.0350. The van der Waals surface area contributed by atoms with Crippen molar-refractivity contribution in [2.45, 2.75) is 25.5 Å². The Hall–Kier alpha value is -2.00. The Morgan fingerprint density at radius 3 is 2.85 bits per heavy atom. The molecule has 1 heterocycles. The quantitative estimate of drug-likeness (QED) is 0.928. The van der Waals surface area contributed by atoms with Crippen molar-refractivity contribution in [2.24, 2.45) is 5.73 Å². The third kappa shape index (κ3) is 2.94. The number of ether oxygens (including phenoxy) is 2. The molecule has 1 atom stereocenters. The predicted molar refractivity (Wildman–Crippen MR) is 78.9 cm³/mol. The van der Waals surface area contributed by atoms with E-state index in [-0.39, 0.29) is 6.04 Å². The van der Waals surface area contributed by atoms with Crippen LogP contribution in [0.5, 0.6) is 11.5 Å². The summed E-state index contributed by atoms with van der Waals surface area (Å²) in [6.07, 6.45) is 1.95. The van der Waals surface area contributed by atoms with E-state index in [1.165, 1.54) is 0 Å². The van der Waals surface area contributed by atoms with Crippen molar-refractivity contribution < 1.29 is 9.47 Å². The summed E-state index contributed by atoms with van der Waals surface area (Å²) in [7, 11) is 0. The van der Waals surface area contributed by atoms with Crippen molar-refractivity contribution >= 4 is 0 Å². The van der Waals surface area contributed by atoms with Crippen LogP contribution < -0.4 is 15.2 Å². The zero-order chi connectivity index (χ0) is 13.8. The maximum Gasteiger partial charge on any atom is 0.124 e. The van der Waals surface area contributed by atoms with Gasteiger partial charge in [0, 0.05) is 11.6 Å². The molecule has 0 aliphatic carbocycles. The van der Waals surface area contributed by atoms with Crippen LogP contribution >= 0.6 is 0 Å². The molecule has 1 aliphatic rings. The van der Waals surface area contributed by atoms with Crippen molar-refractivity contribution in [3.05, 3.63) is 59.7 Å². The summed E-state index contributed by atoms with van der Waals surface area (Å²) in [6.45, 7) is 1.31. The van der Waals surface area contributed by atoms with Crippen LogP contribution in [0.1, 0.15) is 30.0 Å². The maximum atomic E-state index is 6.19. The lowest BCUT2D eigenvalue weighted by Crippen LogP contribution is -2.09. The molecule has 1 unspecified atom stereocenters. The van der Waals surface area contributed by atoms with Crippen LogP contribution in [0.25, 0.3) is 0 Å². The van der Waals surface area contributed by atoms with Crippen LogP contribution in [0.15, 0.2) is 48.5 Å². The molecule has 0 radical (unpaired) electrons. The van der Waals surface area contributed by atoms with E-state index in [1.807, 2.05) is 36.4 Å². The third-order valence-corrected chi connectivity index (χ3v) is 3.55. The molecule has 0 saturated carbocycles. The fourth-order valence-electron chi connectivity index (χ4n) is 2.42. The lowest BCUT2D eigenvalue weighted by Gasteiger charge is -2.14. The summed E-state index contributed by atoms with van der Waals surface area (Å²) in [4.78, 5) is 0. The summed E-state index contributed by atoms with van der Waals surface area (Å²) >= 11 is 0. The first-order chi connectivity index (χ1) is 9.83. The van der Waals surface area contributed by atoms with Crippen molar-refractivity contribution in [1.29, 1.82) is 0 Å². The van der Waals surface area contributed by atoms with Gasteiger partial charge in [-0.3, -0.25) is 0 Å². The first-order valence-electron chi connectivity index (χ1n) is 7.02. The SMILES string of the molecule is NC1CCCOc2ccc(OCc3ccccc3)cc21. The van der Waals surface area contributed by atoms with E-state index in [9.17, 15) is 0 Å². The van der Waals surface area contributed by atoms with Crippen molar-refractivity contribution in [3.8, 4) is 11.5 Å². The van der Waals surface area contributed by atoms with Crippen LogP contribution in [0, 0.1) is 0 Å². The molecular formula is C17H19NO2. The average Bonchev–Trinajstić information content (AvgIpc) is 2.68. The van der Waals surface area contributed by atoms with Gasteiger partial charge >= 0.3 is 0 Å².